The summed E-state index contributed by atoms with van der Waals surface area (Å²) in [6.45, 7) is 1.11. The van der Waals surface area contributed by atoms with Crippen LogP contribution in [0.3, 0.4) is 0 Å². The summed E-state index contributed by atoms with van der Waals surface area (Å²) in [4.78, 5) is 42.1. The van der Waals surface area contributed by atoms with Crippen molar-refractivity contribution in [1.82, 2.24) is 9.55 Å². The van der Waals surface area contributed by atoms with Gasteiger partial charge in [0.05, 0.1) is 6.10 Å². The Bertz CT molecular complexity index is 738. The van der Waals surface area contributed by atoms with E-state index in [9.17, 15) is 28.8 Å². The van der Waals surface area contributed by atoms with Crippen molar-refractivity contribution in [3.8, 4) is 0 Å². The molecule has 0 amide bonds. The van der Waals surface area contributed by atoms with Crippen molar-refractivity contribution in [3.05, 3.63) is 33.1 Å². The molecule has 1 aliphatic heterocycles. The molecule has 11 nitrogen and oxygen atoms in total. The van der Waals surface area contributed by atoms with E-state index in [4.69, 9.17) is 14.5 Å². The average molecular weight is 356 g/mol. The highest BCUT2D eigenvalue weighted by Crippen LogP contribution is 2.49. The van der Waals surface area contributed by atoms with E-state index in [-0.39, 0.29) is 0 Å². The number of H-pyrrole nitrogens is 1. The number of ether oxygens (including phenoxy) is 1. The number of halogens is 1. The summed E-state index contributed by atoms with van der Waals surface area (Å²) in [7, 11) is -5.25. The largest absolute Gasteiger partial charge is 0.470 e. The minimum Gasteiger partial charge on any atom is -0.391 e. The fraction of sp³-hybridized carbons (Fsp3) is 0.600. The number of aliphatic hydroxyl groups excluding tert-OH is 1. The molecule has 1 fully saturated rings. The second-order valence-electron chi connectivity index (χ2n) is 4.96. The lowest BCUT2D eigenvalue weighted by atomic mass is 10.0. The second kappa shape index (κ2) is 5.91. The number of hydrogen-bond donors (Lipinski definition) is 5. The number of aromatic nitrogens is 2. The monoisotopic (exact) mass is 356 g/mol. The standard InChI is InChI=1S/C10H14FN2O9P/c1-4(14)6-7(22-23(18,19)20)10(11,17)8(21-6)13-3-2-5(15)12-9(13)16/h2-4,6-8,14,17H,1H3,(H,12,15,16)(H2,18,19,20)/t4?,6-,7-,8-,10-/m1/s1. The fourth-order valence-electron chi connectivity index (χ4n) is 2.21. The van der Waals surface area contributed by atoms with Crippen LogP contribution in [-0.2, 0) is 13.8 Å². The van der Waals surface area contributed by atoms with Crippen LogP contribution < -0.4 is 11.2 Å². The van der Waals surface area contributed by atoms with Crippen molar-refractivity contribution in [2.45, 2.75) is 37.3 Å². The molecular weight excluding hydrogens is 342 g/mol. The van der Waals surface area contributed by atoms with Crippen LogP contribution in [-0.4, -0.2) is 53.7 Å². The van der Waals surface area contributed by atoms with Gasteiger partial charge in [-0.3, -0.25) is 18.9 Å². The van der Waals surface area contributed by atoms with Crippen molar-refractivity contribution in [1.29, 1.82) is 0 Å². The Morgan fingerprint density at radius 1 is 1.52 bits per heavy atom. The first kappa shape index (κ1) is 17.9. The van der Waals surface area contributed by atoms with E-state index in [1.165, 1.54) is 0 Å². The Labute approximate surface area is 127 Å². The molecule has 130 valence electrons. The number of aliphatic hydroxyl groups is 2. The summed E-state index contributed by atoms with van der Waals surface area (Å²) in [5, 5.41) is 19.5. The molecule has 1 aromatic heterocycles. The number of hydrogen-bond acceptors (Lipinski definition) is 7. The van der Waals surface area contributed by atoms with E-state index in [0.29, 0.717) is 4.57 Å². The molecule has 5 N–H and O–H groups in total. The third-order valence-corrected chi connectivity index (χ3v) is 3.66. The van der Waals surface area contributed by atoms with Crippen LogP contribution in [0, 0.1) is 0 Å². The molecule has 0 spiro atoms. The second-order valence-corrected chi connectivity index (χ2v) is 6.15. The van der Waals surface area contributed by atoms with Gasteiger partial charge in [-0.25, -0.2) is 13.8 Å². The molecular formula is C10H14FN2O9P. The van der Waals surface area contributed by atoms with Crippen LogP contribution in [0.1, 0.15) is 13.2 Å². The molecule has 23 heavy (non-hydrogen) atoms. The Kier molecular flexibility index (Phi) is 4.61. The summed E-state index contributed by atoms with van der Waals surface area (Å²) in [5.74, 6) is -3.58. The maximum Gasteiger partial charge on any atom is 0.470 e. The summed E-state index contributed by atoms with van der Waals surface area (Å²) >= 11 is 0. The van der Waals surface area contributed by atoms with Gasteiger partial charge in [-0.2, -0.15) is 0 Å². The number of phosphoric ester groups is 1. The summed E-state index contributed by atoms with van der Waals surface area (Å²) < 4.78 is 35.2. The van der Waals surface area contributed by atoms with Crippen LogP contribution in [0.25, 0.3) is 0 Å². The molecule has 2 rings (SSSR count). The quantitative estimate of drug-likeness (QED) is 0.381. The predicted octanol–water partition coefficient (Wildman–Crippen LogP) is -2.05. The summed E-state index contributed by atoms with van der Waals surface area (Å²) in [6, 6.07) is 0.843. The predicted molar refractivity (Wildman–Crippen MR) is 69.9 cm³/mol. The zero-order chi connectivity index (χ0) is 17.6. The minimum atomic E-state index is -5.25. The molecule has 13 heteroatoms. The van der Waals surface area contributed by atoms with Crippen LogP contribution in [0.5, 0.6) is 0 Å². The van der Waals surface area contributed by atoms with Crippen molar-refractivity contribution in [2.75, 3.05) is 0 Å². The molecule has 2 heterocycles. The van der Waals surface area contributed by atoms with Crippen LogP contribution in [0.2, 0.25) is 0 Å². The van der Waals surface area contributed by atoms with Gasteiger partial charge in [0.25, 0.3) is 11.4 Å². The van der Waals surface area contributed by atoms with Gasteiger partial charge in [-0.15, -0.1) is 0 Å². The summed E-state index contributed by atoms with van der Waals surface area (Å²) in [5.41, 5.74) is -1.93. The first-order valence-electron chi connectivity index (χ1n) is 6.23. The normalized spacial score (nSPS) is 32.9. The van der Waals surface area contributed by atoms with Crippen molar-refractivity contribution >= 4 is 7.82 Å². The maximum absolute atomic E-state index is 14.6. The SMILES string of the molecule is CC(O)[C@H]1O[C@@H](n2ccc(=O)[nH]c2=O)[C@@](O)(F)[C@@H]1OP(=O)(O)O. The Morgan fingerprint density at radius 2 is 2.13 bits per heavy atom. The zero-order valence-electron chi connectivity index (χ0n) is 11.6. The average Bonchev–Trinajstić information content (AvgIpc) is 2.61. The molecule has 1 saturated heterocycles. The summed E-state index contributed by atoms with van der Waals surface area (Å²) in [6.07, 6.45) is -6.77. The van der Waals surface area contributed by atoms with Crippen molar-refractivity contribution in [2.24, 2.45) is 0 Å². The van der Waals surface area contributed by atoms with Crippen molar-refractivity contribution < 1.29 is 38.2 Å². The lowest BCUT2D eigenvalue weighted by Crippen LogP contribution is -2.47. The van der Waals surface area contributed by atoms with Gasteiger partial charge in [0.1, 0.15) is 6.10 Å². The molecule has 5 atom stereocenters. The van der Waals surface area contributed by atoms with Gasteiger partial charge in [0.15, 0.2) is 12.3 Å². The zero-order valence-corrected chi connectivity index (χ0v) is 12.5. The molecule has 1 aromatic rings. The van der Waals surface area contributed by atoms with E-state index in [1.54, 1.807) is 4.98 Å². The molecule has 0 bridgehead atoms. The van der Waals surface area contributed by atoms with Gasteiger partial charge < -0.3 is 24.7 Å². The fourth-order valence-corrected chi connectivity index (χ4v) is 2.77. The Morgan fingerprint density at radius 3 is 2.61 bits per heavy atom. The smallest absolute Gasteiger partial charge is 0.391 e. The number of nitrogens with zero attached hydrogens (tertiary/aromatic N) is 1. The van der Waals surface area contributed by atoms with Gasteiger partial charge >= 0.3 is 13.5 Å². The highest BCUT2D eigenvalue weighted by molar-refractivity contribution is 7.46. The minimum absolute atomic E-state index is 0.458. The Hall–Kier alpha value is -1.40. The van der Waals surface area contributed by atoms with Crippen molar-refractivity contribution in [3.63, 3.8) is 0 Å². The number of rotatable bonds is 4. The highest BCUT2D eigenvalue weighted by Gasteiger charge is 2.62. The van der Waals surface area contributed by atoms with Gasteiger partial charge in [0.2, 0.25) is 0 Å². The van der Waals surface area contributed by atoms with Crippen LogP contribution in [0.15, 0.2) is 21.9 Å². The first-order valence-corrected chi connectivity index (χ1v) is 7.76. The van der Waals surface area contributed by atoms with Gasteiger partial charge in [-0.1, -0.05) is 0 Å². The van der Waals surface area contributed by atoms with E-state index >= 15 is 0 Å². The van der Waals surface area contributed by atoms with E-state index in [0.717, 1.165) is 19.2 Å². The molecule has 0 aromatic carbocycles. The molecule has 1 aliphatic rings. The van der Waals surface area contributed by atoms with E-state index < -0.39 is 49.5 Å². The molecule has 0 radical (unpaired) electrons. The third kappa shape index (κ3) is 3.58. The van der Waals surface area contributed by atoms with E-state index in [1.807, 2.05) is 0 Å². The molecule has 1 unspecified atom stereocenters. The molecule has 0 saturated carbocycles. The number of aromatic amines is 1. The van der Waals surface area contributed by atoms with Crippen LogP contribution in [0.4, 0.5) is 4.39 Å². The number of alkyl halides is 1. The van der Waals surface area contributed by atoms with Gasteiger partial charge in [0, 0.05) is 12.3 Å². The topological polar surface area (TPSA) is 171 Å². The first-order chi connectivity index (χ1) is 10.4. The molecule has 0 aliphatic carbocycles. The maximum atomic E-state index is 14.6. The lowest BCUT2D eigenvalue weighted by Gasteiger charge is -2.26. The van der Waals surface area contributed by atoms with Crippen LogP contribution >= 0.6 is 7.82 Å². The Balaban J connectivity index is 2.48. The van der Waals surface area contributed by atoms with E-state index in [2.05, 4.69) is 4.52 Å². The van der Waals surface area contributed by atoms with Gasteiger partial charge in [-0.05, 0) is 6.92 Å². The number of nitrogens with one attached hydrogen (secondary N) is 1. The third-order valence-electron chi connectivity index (χ3n) is 3.16. The lowest BCUT2D eigenvalue weighted by molar-refractivity contribution is -0.194. The highest BCUT2D eigenvalue weighted by atomic mass is 31.2. The number of phosphoric acid groups is 1.